The van der Waals surface area contributed by atoms with E-state index in [1.165, 1.54) is 12.8 Å². The van der Waals surface area contributed by atoms with Crippen LogP contribution in [0.2, 0.25) is 0 Å². The first-order valence-electron chi connectivity index (χ1n) is 5.56. The molecular weight excluding hydrogens is 202 g/mol. The number of anilines is 1. The molecule has 1 fully saturated rings. The van der Waals surface area contributed by atoms with Crippen molar-refractivity contribution >= 4 is 11.7 Å². The number of carbonyl (C=O) groups excluding carboxylic acids is 1. The van der Waals surface area contributed by atoms with Gasteiger partial charge in [0.15, 0.2) is 0 Å². The molecule has 1 aromatic heterocycles. The molecule has 1 amide bonds. The van der Waals surface area contributed by atoms with Gasteiger partial charge in [-0.1, -0.05) is 0 Å². The second-order valence-electron chi connectivity index (χ2n) is 4.55. The third kappa shape index (κ3) is 2.51. The summed E-state index contributed by atoms with van der Waals surface area (Å²) in [6.45, 7) is 2.69. The van der Waals surface area contributed by atoms with Crippen LogP contribution < -0.4 is 5.73 Å². The molecule has 0 unspecified atom stereocenters. The topological polar surface area (TPSA) is 59.2 Å². The Balaban J connectivity index is 2.12. The Morgan fingerprint density at radius 3 is 2.81 bits per heavy atom. The van der Waals surface area contributed by atoms with Crippen LogP contribution in [0.3, 0.4) is 0 Å². The normalized spacial score (nSPS) is 14.9. The Morgan fingerprint density at radius 1 is 1.56 bits per heavy atom. The number of pyridine rings is 1. The van der Waals surface area contributed by atoms with Crippen LogP contribution in [0.5, 0.6) is 0 Å². The molecule has 0 bridgehead atoms. The molecule has 1 aliphatic rings. The van der Waals surface area contributed by atoms with E-state index in [0.29, 0.717) is 17.3 Å². The minimum atomic E-state index is 0.0316. The molecular formula is C12H17N3O. The summed E-state index contributed by atoms with van der Waals surface area (Å²) in [5, 5.41) is 0. The third-order valence-corrected chi connectivity index (χ3v) is 2.80. The lowest BCUT2D eigenvalue weighted by molar-refractivity contribution is 0.0788. The van der Waals surface area contributed by atoms with E-state index in [9.17, 15) is 4.79 Å². The van der Waals surface area contributed by atoms with Crippen molar-refractivity contribution in [1.29, 1.82) is 0 Å². The predicted octanol–water partition coefficient (Wildman–Crippen LogP) is 1.45. The molecule has 2 rings (SSSR count). The highest BCUT2D eigenvalue weighted by Crippen LogP contribution is 2.29. The second kappa shape index (κ2) is 4.12. The lowest BCUT2D eigenvalue weighted by Crippen LogP contribution is -2.28. The van der Waals surface area contributed by atoms with Crippen molar-refractivity contribution in [3.05, 3.63) is 23.4 Å². The summed E-state index contributed by atoms with van der Waals surface area (Å²) in [5.74, 6) is 1.14. The molecule has 0 saturated heterocycles. The van der Waals surface area contributed by atoms with Crippen LogP contribution in [0.25, 0.3) is 0 Å². The van der Waals surface area contributed by atoms with Gasteiger partial charge in [0.05, 0.1) is 0 Å². The minimum absolute atomic E-state index is 0.0316. The van der Waals surface area contributed by atoms with E-state index in [1.807, 2.05) is 14.0 Å². The molecule has 1 heterocycles. The smallest absolute Gasteiger partial charge is 0.253 e. The number of nitrogens with zero attached hydrogens (tertiary/aromatic N) is 2. The number of aryl methyl sites for hydroxylation is 1. The summed E-state index contributed by atoms with van der Waals surface area (Å²) in [4.78, 5) is 17.9. The second-order valence-corrected chi connectivity index (χ2v) is 4.55. The van der Waals surface area contributed by atoms with Gasteiger partial charge in [-0.25, -0.2) is 4.98 Å². The zero-order valence-corrected chi connectivity index (χ0v) is 9.73. The Labute approximate surface area is 95.5 Å². The van der Waals surface area contributed by atoms with Crippen molar-refractivity contribution in [2.45, 2.75) is 19.8 Å². The Bertz CT molecular complexity index is 392. The number of amides is 1. The van der Waals surface area contributed by atoms with E-state index in [1.54, 1.807) is 17.0 Å². The van der Waals surface area contributed by atoms with Gasteiger partial charge < -0.3 is 10.6 Å². The van der Waals surface area contributed by atoms with E-state index in [4.69, 9.17) is 5.73 Å². The first-order chi connectivity index (χ1) is 7.56. The Morgan fingerprint density at radius 2 is 2.25 bits per heavy atom. The monoisotopic (exact) mass is 219 g/mol. The Kier molecular flexibility index (Phi) is 2.81. The maximum Gasteiger partial charge on any atom is 0.253 e. The van der Waals surface area contributed by atoms with Gasteiger partial charge in [-0.3, -0.25) is 4.79 Å². The number of hydrogen-bond acceptors (Lipinski definition) is 3. The van der Waals surface area contributed by atoms with Gasteiger partial charge in [-0.05, 0) is 37.8 Å². The number of rotatable bonds is 3. The molecule has 0 aliphatic heterocycles. The number of carbonyl (C=O) groups is 1. The summed E-state index contributed by atoms with van der Waals surface area (Å²) < 4.78 is 0. The fraction of sp³-hybridized carbons (Fsp3) is 0.500. The highest BCUT2D eigenvalue weighted by Gasteiger charge is 2.25. The average Bonchev–Trinajstić information content (AvgIpc) is 2.99. The van der Waals surface area contributed by atoms with E-state index in [-0.39, 0.29) is 5.91 Å². The molecule has 0 aromatic carbocycles. The molecule has 0 spiro atoms. The van der Waals surface area contributed by atoms with Crippen LogP contribution in [-0.2, 0) is 0 Å². The van der Waals surface area contributed by atoms with Gasteiger partial charge in [0.25, 0.3) is 5.91 Å². The van der Waals surface area contributed by atoms with Crippen molar-refractivity contribution in [2.75, 3.05) is 19.3 Å². The van der Waals surface area contributed by atoms with Gasteiger partial charge in [0, 0.05) is 24.8 Å². The largest absolute Gasteiger partial charge is 0.384 e. The van der Waals surface area contributed by atoms with Gasteiger partial charge in [0.1, 0.15) is 5.82 Å². The molecule has 2 N–H and O–H groups in total. The minimum Gasteiger partial charge on any atom is -0.384 e. The van der Waals surface area contributed by atoms with Crippen molar-refractivity contribution in [3.8, 4) is 0 Å². The Hall–Kier alpha value is -1.58. The van der Waals surface area contributed by atoms with E-state index >= 15 is 0 Å². The van der Waals surface area contributed by atoms with Gasteiger partial charge >= 0.3 is 0 Å². The molecule has 1 aromatic rings. The van der Waals surface area contributed by atoms with Crippen LogP contribution in [0, 0.1) is 12.8 Å². The summed E-state index contributed by atoms with van der Waals surface area (Å²) in [5.41, 5.74) is 7.04. The molecule has 86 valence electrons. The maximum absolute atomic E-state index is 12.1. The number of nitrogens with two attached hydrogens (primary N) is 1. The molecule has 0 radical (unpaired) electrons. The van der Waals surface area contributed by atoms with E-state index in [0.717, 1.165) is 12.2 Å². The lowest BCUT2D eigenvalue weighted by atomic mass is 10.2. The number of hydrogen-bond donors (Lipinski definition) is 1. The molecule has 1 aliphatic carbocycles. The van der Waals surface area contributed by atoms with Crippen molar-refractivity contribution in [3.63, 3.8) is 0 Å². The third-order valence-electron chi connectivity index (χ3n) is 2.80. The van der Waals surface area contributed by atoms with Crippen LogP contribution in [0.1, 0.15) is 28.9 Å². The molecule has 16 heavy (non-hydrogen) atoms. The quantitative estimate of drug-likeness (QED) is 0.837. The highest BCUT2D eigenvalue weighted by molar-refractivity contribution is 5.94. The SMILES string of the molecule is Cc1cc(C(=O)N(C)CC2CC2)cc(N)n1. The fourth-order valence-corrected chi connectivity index (χ4v) is 1.81. The van der Waals surface area contributed by atoms with Gasteiger partial charge in [-0.15, -0.1) is 0 Å². The first-order valence-corrected chi connectivity index (χ1v) is 5.56. The molecule has 4 nitrogen and oxygen atoms in total. The zero-order chi connectivity index (χ0) is 11.7. The zero-order valence-electron chi connectivity index (χ0n) is 9.73. The lowest BCUT2D eigenvalue weighted by Gasteiger charge is -2.17. The number of nitrogen functional groups attached to an aromatic ring is 1. The van der Waals surface area contributed by atoms with Crippen molar-refractivity contribution in [2.24, 2.45) is 5.92 Å². The van der Waals surface area contributed by atoms with E-state index < -0.39 is 0 Å². The van der Waals surface area contributed by atoms with Crippen LogP contribution in [0.15, 0.2) is 12.1 Å². The van der Waals surface area contributed by atoms with Crippen molar-refractivity contribution < 1.29 is 4.79 Å². The summed E-state index contributed by atoms with van der Waals surface area (Å²) >= 11 is 0. The van der Waals surface area contributed by atoms with Gasteiger partial charge in [-0.2, -0.15) is 0 Å². The number of aromatic nitrogens is 1. The standard InChI is InChI=1S/C12H17N3O/c1-8-5-10(6-11(13)14-8)12(16)15(2)7-9-3-4-9/h5-6,9H,3-4,7H2,1-2H3,(H2,13,14). The molecule has 1 saturated carbocycles. The van der Waals surface area contributed by atoms with Crippen LogP contribution in [-0.4, -0.2) is 29.4 Å². The molecule has 0 atom stereocenters. The predicted molar refractivity (Wildman–Crippen MR) is 63.1 cm³/mol. The summed E-state index contributed by atoms with van der Waals surface area (Å²) in [6.07, 6.45) is 2.49. The fourth-order valence-electron chi connectivity index (χ4n) is 1.81. The molecule has 4 heteroatoms. The maximum atomic E-state index is 12.1. The van der Waals surface area contributed by atoms with Crippen molar-refractivity contribution in [1.82, 2.24) is 9.88 Å². The summed E-state index contributed by atoms with van der Waals surface area (Å²) in [6, 6.07) is 3.42. The van der Waals surface area contributed by atoms with Crippen LogP contribution in [0.4, 0.5) is 5.82 Å². The highest BCUT2D eigenvalue weighted by atomic mass is 16.2. The van der Waals surface area contributed by atoms with Gasteiger partial charge in [0.2, 0.25) is 0 Å². The first kappa shape index (κ1) is 10.9. The average molecular weight is 219 g/mol. The van der Waals surface area contributed by atoms with Crippen LogP contribution >= 0.6 is 0 Å². The summed E-state index contributed by atoms with van der Waals surface area (Å²) in [7, 11) is 1.84. The van der Waals surface area contributed by atoms with E-state index in [2.05, 4.69) is 4.98 Å².